The number of esters is 1. The molecule has 0 aliphatic heterocycles. The maximum absolute atomic E-state index is 11.8. The van der Waals surface area contributed by atoms with Gasteiger partial charge < -0.3 is 14.6 Å². The van der Waals surface area contributed by atoms with Gasteiger partial charge >= 0.3 is 5.97 Å². The molecule has 0 unspecified atom stereocenters. The van der Waals surface area contributed by atoms with Crippen molar-refractivity contribution in [1.82, 2.24) is 0 Å². The third-order valence-corrected chi connectivity index (χ3v) is 3.82. The van der Waals surface area contributed by atoms with Crippen LogP contribution in [0.15, 0.2) is 72.8 Å². The Morgan fingerprint density at radius 3 is 2.36 bits per heavy atom. The van der Waals surface area contributed by atoms with E-state index in [2.05, 4.69) is 0 Å². The highest BCUT2D eigenvalue weighted by Gasteiger charge is 2.13. The molecule has 4 heteroatoms. The first-order valence-corrected chi connectivity index (χ1v) is 7.86. The van der Waals surface area contributed by atoms with Crippen LogP contribution in [0.3, 0.4) is 0 Å². The van der Waals surface area contributed by atoms with E-state index in [1.165, 1.54) is 7.11 Å². The summed E-state index contributed by atoms with van der Waals surface area (Å²) in [5.74, 6) is 0.427. The molecular weight excluding hydrogens is 316 g/mol. The molecule has 3 aromatic rings. The van der Waals surface area contributed by atoms with E-state index in [0.29, 0.717) is 17.9 Å². The number of carbonyl (C=O) groups excluding carboxylic acids is 1. The average molecular weight is 334 g/mol. The fourth-order valence-electron chi connectivity index (χ4n) is 2.50. The second-order valence-corrected chi connectivity index (χ2v) is 5.52. The number of methoxy groups -OCH3 is 1. The van der Waals surface area contributed by atoms with Crippen molar-refractivity contribution in [1.29, 1.82) is 0 Å². The molecule has 0 amide bonds. The molecule has 0 atom stereocenters. The van der Waals surface area contributed by atoms with Crippen LogP contribution in [0, 0.1) is 0 Å². The summed E-state index contributed by atoms with van der Waals surface area (Å²) in [6.07, 6.45) is 0. The van der Waals surface area contributed by atoms with Gasteiger partial charge in [-0.25, -0.2) is 4.79 Å². The molecule has 3 rings (SSSR count). The van der Waals surface area contributed by atoms with Crippen LogP contribution in [0.2, 0.25) is 0 Å². The number of rotatable bonds is 5. The summed E-state index contributed by atoms with van der Waals surface area (Å²) in [5, 5.41) is 9.50. The van der Waals surface area contributed by atoms with Crippen molar-refractivity contribution in [2.24, 2.45) is 0 Å². The van der Waals surface area contributed by atoms with Gasteiger partial charge in [0.05, 0.1) is 12.7 Å². The van der Waals surface area contributed by atoms with Gasteiger partial charge in [0, 0.05) is 5.56 Å². The molecular formula is C21H18O4. The largest absolute Gasteiger partial charge is 0.508 e. The maximum atomic E-state index is 11.8. The highest BCUT2D eigenvalue weighted by atomic mass is 16.5. The monoisotopic (exact) mass is 334 g/mol. The third kappa shape index (κ3) is 3.98. The topological polar surface area (TPSA) is 55.8 Å². The Balaban J connectivity index is 1.95. The second-order valence-electron chi connectivity index (χ2n) is 5.52. The Bertz CT molecular complexity index is 855. The third-order valence-electron chi connectivity index (χ3n) is 3.82. The van der Waals surface area contributed by atoms with Gasteiger partial charge in [0.25, 0.3) is 0 Å². The lowest BCUT2D eigenvalue weighted by molar-refractivity contribution is 0.0600. The van der Waals surface area contributed by atoms with E-state index in [-0.39, 0.29) is 5.75 Å². The molecule has 0 aliphatic carbocycles. The van der Waals surface area contributed by atoms with E-state index in [1.54, 1.807) is 42.5 Å². The lowest BCUT2D eigenvalue weighted by Crippen LogP contribution is -2.03. The van der Waals surface area contributed by atoms with Gasteiger partial charge in [0.2, 0.25) is 0 Å². The first kappa shape index (κ1) is 16.6. The smallest absolute Gasteiger partial charge is 0.337 e. The number of benzene rings is 3. The van der Waals surface area contributed by atoms with E-state index in [1.807, 2.05) is 30.3 Å². The summed E-state index contributed by atoms with van der Waals surface area (Å²) < 4.78 is 10.8. The summed E-state index contributed by atoms with van der Waals surface area (Å²) in [7, 11) is 1.35. The Labute approximate surface area is 146 Å². The van der Waals surface area contributed by atoms with Gasteiger partial charge in [-0.2, -0.15) is 0 Å². The lowest BCUT2D eigenvalue weighted by atomic mass is 10.0. The molecule has 0 radical (unpaired) electrons. The van der Waals surface area contributed by atoms with Crippen molar-refractivity contribution in [3.8, 4) is 22.6 Å². The molecule has 126 valence electrons. The van der Waals surface area contributed by atoms with Crippen molar-refractivity contribution in [2.45, 2.75) is 6.61 Å². The SMILES string of the molecule is COC(=O)c1ccc(OCc2ccccc2)c(-c2ccc(O)cc2)c1. The predicted molar refractivity (Wildman–Crippen MR) is 95.7 cm³/mol. The Morgan fingerprint density at radius 1 is 0.960 bits per heavy atom. The summed E-state index contributed by atoms with van der Waals surface area (Å²) in [6.45, 7) is 0.420. The molecule has 0 fully saturated rings. The number of hydrogen-bond acceptors (Lipinski definition) is 4. The van der Waals surface area contributed by atoms with Crippen molar-refractivity contribution in [2.75, 3.05) is 7.11 Å². The van der Waals surface area contributed by atoms with Crippen LogP contribution >= 0.6 is 0 Å². The fraction of sp³-hybridized carbons (Fsp3) is 0.0952. The van der Waals surface area contributed by atoms with E-state index >= 15 is 0 Å². The second kappa shape index (κ2) is 7.53. The standard InChI is InChI=1S/C21H18O4/c1-24-21(23)17-9-12-20(25-14-15-5-3-2-4-6-15)19(13-17)16-7-10-18(22)11-8-16/h2-13,22H,14H2,1H3. The summed E-state index contributed by atoms with van der Waals surface area (Å²) in [5.41, 5.74) is 3.10. The normalized spacial score (nSPS) is 10.3. The molecule has 0 heterocycles. The van der Waals surface area contributed by atoms with Crippen molar-refractivity contribution < 1.29 is 19.4 Å². The molecule has 0 saturated carbocycles. The number of aromatic hydroxyl groups is 1. The minimum atomic E-state index is -0.408. The summed E-state index contributed by atoms with van der Waals surface area (Å²) >= 11 is 0. The highest BCUT2D eigenvalue weighted by Crippen LogP contribution is 2.33. The van der Waals surface area contributed by atoms with Crippen LogP contribution in [-0.4, -0.2) is 18.2 Å². The van der Waals surface area contributed by atoms with E-state index in [9.17, 15) is 9.90 Å². The molecule has 0 aromatic heterocycles. The zero-order chi connectivity index (χ0) is 17.6. The van der Waals surface area contributed by atoms with Crippen molar-refractivity contribution >= 4 is 5.97 Å². The molecule has 0 spiro atoms. The first-order chi connectivity index (χ1) is 12.2. The van der Waals surface area contributed by atoms with Crippen LogP contribution in [0.25, 0.3) is 11.1 Å². The van der Waals surface area contributed by atoms with Gasteiger partial charge in [0.15, 0.2) is 0 Å². The van der Waals surface area contributed by atoms with Gasteiger partial charge in [-0.15, -0.1) is 0 Å². The van der Waals surface area contributed by atoms with Gasteiger partial charge in [-0.1, -0.05) is 42.5 Å². The van der Waals surface area contributed by atoms with Crippen LogP contribution in [-0.2, 0) is 11.3 Å². The number of ether oxygens (including phenoxy) is 2. The van der Waals surface area contributed by atoms with Crippen molar-refractivity contribution in [3.05, 3.63) is 83.9 Å². The quantitative estimate of drug-likeness (QED) is 0.702. The Hall–Kier alpha value is -3.27. The molecule has 0 aliphatic rings. The lowest BCUT2D eigenvalue weighted by Gasteiger charge is -2.13. The Morgan fingerprint density at radius 2 is 1.68 bits per heavy atom. The predicted octanol–water partition coefficient (Wildman–Crippen LogP) is 4.42. The minimum Gasteiger partial charge on any atom is -0.508 e. The summed E-state index contributed by atoms with van der Waals surface area (Å²) in [6, 6.07) is 21.8. The molecule has 0 bridgehead atoms. The molecule has 3 aromatic carbocycles. The number of phenolic OH excluding ortho intramolecular Hbond substituents is 1. The van der Waals surface area contributed by atoms with E-state index in [4.69, 9.17) is 9.47 Å². The van der Waals surface area contributed by atoms with E-state index < -0.39 is 5.97 Å². The number of carbonyl (C=O) groups is 1. The minimum absolute atomic E-state index is 0.180. The maximum Gasteiger partial charge on any atom is 0.337 e. The van der Waals surface area contributed by atoms with Crippen LogP contribution in [0.5, 0.6) is 11.5 Å². The molecule has 1 N–H and O–H groups in total. The van der Waals surface area contributed by atoms with Crippen LogP contribution < -0.4 is 4.74 Å². The average Bonchev–Trinajstić information content (AvgIpc) is 2.67. The van der Waals surface area contributed by atoms with Crippen LogP contribution in [0.1, 0.15) is 15.9 Å². The fourth-order valence-corrected chi connectivity index (χ4v) is 2.50. The van der Waals surface area contributed by atoms with E-state index in [0.717, 1.165) is 16.7 Å². The molecule has 25 heavy (non-hydrogen) atoms. The van der Waals surface area contributed by atoms with Gasteiger partial charge in [-0.05, 0) is 41.5 Å². The zero-order valence-electron chi connectivity index (χ0n) is 13.8. The first-order valence-electron chi connectivity index (χ1n) is 7.86. The van der Waals surface area contributed by atoms with Gasteiger partial charge in [-0.3, -0.25) is 0 Å². The summed E-state index contributed by atoms with van der Waals surface area (Å²) in [4.78, 5) is 11.8. The zero-order valence-corrected chi connectivity index (χ0v) is 13.8. The van der Waals surface area contributed by atoms with Gasteiger partial charge in [0.1, 0.15) is 18.1 Å². The Kier molecular flexibility index (Phi) is 5.00. The number of phenols is 1. The highest BCUT2D eigenvalue weighted by molar-refractivity contribution is 5.92. The van der Waals surface area contributed by atoms with Crippen molar-refractivity contribution in [3.63, 3.8) is 0 Å². The van der Waals surface area contributed by atoms with Crippen LogP contribution in [0.4, 0.5) is 0 Å². The molecule has 0 saturated heterocycles. The molecule has 4 nitrogen and oxygen atoms in total. The number of hydrogen-bond donors (Lipinski definition) is 1.